The molecular weight excluding hydrogens is 323 g/mol. The van der Waals surface area contributed by atoms with Crippen molar-refractivity contribution in [3.05, 3.63) is 58.9 Å². The molecule has 0 aliphatic heterocycles. The Morgan fingerprint density at radius 1 is 1.22 bits per heavy atom. The number of amides is 1. The molecule has 1 atom stereocenters. The molecule has 1 amide bonds. The highest BCUT2D eigenvalue weighted by Crippen LogP contribution is 2.22. The number of esters is 1. The highest BCUT2D eigenvalue weighted by Gasteiger charge is 2.19. The van der Waals surface area contributed by atoms with Gasteiger partial charge >= 0.3 is 5.97 Å². The van der Waals surface area contributed by atoms with Crippen LogP contribution in [-0.4, -0.2) is 18.0 Å². The van der Waals surface area contributed by atoms with E-state index in [9.17, 15) is 14.0 Å². The maximum atomic E-state index is 13.0. The number of carbonyl (C=O) groups excluding carboxylic acids is 2. The lowest BCUT2D eigenvalue weighted by Gasteiger charge is -2.14. The number of rotatable bonds is 4. The van der Waals surface area contributed by atoms with Gasteiger partial charge in [0.2, 0.25) is 0 Å². The van der Waals surface area contributed by atoms with E-state index >= 15 is 0 Å². The lowest BCUT2D eigenvalue weighted by molar-refractivity contribution is -0.123. The second-order valence-electron chi connectivity index (χ2n) is 4.78. The van der Waals surface area contributed by atoms with E-state index in [1.807, 2.05) is 0 Å². The summed E-state index contributed by atoms with van der Waals surface area (Å²) >= 11 is 5.82. The van der Waals surface area contributed by atoms with Crippen LogP contribution in [0.3, 0.4) is 0 Å². The fourth-order valence-corrected chi connectivity index (χ4v) is 1.94. The van der Waals surface area contributed by atoms with Crippen LogP contribution in [0.1, 0.15) is 17.3 Å². The fourth-order valence-electron chi connectivity index (χ4n) is 1.73. The van der Waals surface area contributed by atoms with Gasteiger partial charge in [-0.3, -0.25) is 4.79 Å². The molecule has 2 aromatic carbocycles. The van der Waals surface area contributed by atoms with Gasteiger partial charge in [0, 0.05) is 5.69 Å². The lowest BCUT2D eigenvalue weighted by Crippen LogP contribution is -2.30. The minimum Gasteiger partial charge on any atom is -0.449 e. The average molecular weight is 337 g/mol. The summed E-state index contributed by atoms with van der Waals surface area (Å²) in [6.07, 6.45) is -1.05. The first-order valence-electron chi connectivity index (χ1n) is 6.69. The Balaban J connectivity index is 1.99. The molecule has 0 aromatic heterocycles. The Morgan fingerprint density at radius 2 is 1.87 bits per heavy atom. The van der Waals surface area contributed by atoms with Gasteiger partial charge in [0.05, 0.1) is 16.3 Å². The number of nitrogens with two attached hydrogens (primary N) is 1. The van der Waals surface area contributed by atoms with Crippen LogP contribution in [-0.2, 0) is 9.53 Å². The van der Waals surface area contributed by atoms with Crippen molar-refractivity contribution in [1.82, 2.24) is 0 Å². The average Bonchev–Trinajstić information content (AvgIpc) is 2.50. The standard InChI is InChI=1S/C16H14ClFN2O3/c1-9(23-16(22)10-2-5-12(19)6-3-10)15(21)20-14-7-4-11(18)8-13(14)17/h2-9H,19H2,1H3,(H,20,21)/t9-/m0/s1. The van der Waals surface area contributed by atoms with Crippen LogP contribution in [0.15, 0.2) is 42.5 Å². The van der Waals surface area contributed by atoms with Crippen LogP contribution < -0.4 is 11.1 Å². The number of halogens is 2. The number of benzene rings is 2. The number of ether oxygens (including phenoxy) is 1. The van der Waals surface area contributed by atoms with Crippen LogP contribution in [0.5, 0.6) is 0 Å². The first-order chi connectivity index (χ1) is 10.9. The number of hydrogen-bond acceptors (Lipinski definition) is 4. The zero-order chi connectivity index (χ0) is 17.0. The van der Waals surface area contributed by atoms with Gasteiger partial charge in [0.25, 0.3) is 5.91 Å². The zero-order valence-electron chi connectivity index (χ0n) is 12.2. The van der Waals surface area contributed by atoms with E-state index in [2.05, 4.69) is 5.32 Å². The van der Waals surface area contributed by atoms with Crippen molar-refractivity contribution in [2.24, 2.45) is 0 Å². The van der Waals surface area contributed by atoms with Crippen molar-refractivity contribution in [1.29, 1.82) is 0 Å². The molecular formula is C16H14ClFN2O3. The number of carbonyl (C=O) groups is 2. The Morgan fingerprint density at radius 3 is 2.48 bits per heavy atom. The van der Waals surface area contributed by atoms with Gasteiger partial charge in [-0.25, -0.2) is 9.18 Å². The van der Waals surface area contributed by atoms with E-state index in [0.29, 0.717) is 5.69 Å². The van der Waals surface area contributed by atoms with Crippen molar-refractivity contribution >= 4 is 34.9 Å². The molecule has 120 valence electrons. The molecule has 0 saturated carbocycles. The zero-order valence-corrected chi connectivity index (χ0v) is 12.9. The third kappa shape index (κ3) is 4.43. The molecule has 0 bridgehead atoms. The molecule has 0 heterocycles. The van der Waals surface area contributed by atoms with Gasteiger partial charge in [-0.1, -0.05) is 11.6 Å². The van der Waals surface area contributed by atoms with Crippen LogP contribution >= 0.6 is 11.6 Å². The largest absolute Gasteiger partial charge is 0.449 e. The smallest absolute Gasteiger partial charge is 0.338 e. The highest BCUT2D eigenvalue weighted by molar-refractivity contribution is 6.33. The summed E-state index contributed by atoms with van der Waals surface area (Å²) in [6.45, 7) is 1.42. The van der Waals surface area contributed by atoms with Gasteiger partial charge in [-0.05, 0) is 49.4 Å². The van der Waals surface area contributed by atoms with Crippen LogP contribution in [0.2, 0.25) is 5.02 Å². The van der Waals surface area contributed by atoms with E-state index in [1.165, 1.54) is 25.1 Å². The van der Waals surface area contributed by atoms with Crippen molar-refractivity contribution in [3.8, 4) is 0 Å². The first-order valence-corrected chi connectivity index (χ1v) is 7.07. The van der Waals surface area contributed by atoms with Gasteiger partial charge < -0.3 is 15.8 Å². The van der Waals surface area contributed by atoms with E-state index < -0.39 is 23.8 Å². The minimum absolute atomic E-state index is 0.0513. The Hall–Kier alpha value is -2.60. The first kappa shape index (κ1) is 16.8. The van der Waals surface area contributed by atoms with E-state index in [1.54, 1.807) is 12.1 Å². The second kappa shape index (κ2) is 7.11. The molecule has 0 aliphatic carbocycles. The summed E-state index contributed by atoms with van der Waals surface area (Å²) in [5.41, 5.74) is 6.55. The van der Waals surface area contributed by atoms with Crippen LogP contribution in [0.4, 0.5) is 15.8 Å². The summed E-state index contributed by atoms with van der Waals surface area (Å²) in [6, 6.07) is 9.66. The van der Waals surface area contributed by atoms with E-state index in [4.69, 9.17) is 22.1 Å². The number of hydrogen-bond donors (Lipinski definition) is 2. The predicted octanol–water partition coefficient (Wildman–Crippen LogP) is 3.25. The molecule has 3 N–H and O–H groups in total. The monoisotopic (exact) mass is 336 g/mol. The van der Waals surface area contributed by atoms with Crippen molar-refractivity contribution < 1.29 is 18.7 Å². The maximum Gasteiger partial charge on any atom is 0.338 e. The van der Waals surface area contributed by atoms with Crippen molar-refractivity contribution in [3.63, 3.8) is 0 Å². The number of nitrogen functional groups attached to an aromatic ring is 1. The fraction of sp³-hybridized carbons (Fsp3) is 0.125. The molecule has 5 nitrogen and oxygen atoms in total. The summed E-state index contributed by atoms with van der Waals surface area (Å²) in [5.74, 6) is -1.75. The Labute approximate surface area is 137 Å². The van der Waals surface area contributed by atoms with Gasteiger partial charge in [-0.15, -0.1) is 0 Å². The van der Waals surface area contributed by atoms with Crippen molar-refractivity contribution in [2.45, 2.75) is 13.0 Å². The minimum atomic E-state index is -1.05. The summed E-state index contributed by atoms with van der Waals surface area (Å²) in [4.78, 5) is 23.9. The summed E-state index contributed by atoms with van der Waals surface area (Å²) < 4.78 is 18.0. The molecule has 0 spiro atoms. The topological polar surface area (TPSA) is 81.4 Å². The van der Waals surface area contributed by atoms with Crippen molar-refractivity contribution in [2.75, 3.05) is 11.1 Å². The van der Waals surface area contributed by atoms with Crippen LogP contribution in [0, 0.1) is 5.82 Å². The lowest BCUT2D eigenvalue weighted by atomic mass is 10.2. The maximum absolute atomic E-state index is 13.0. The SMILES string of the molecule is C[C@H](OC(=O)c1ccc(N)cc1)C(=O)Nc1ccc(F)cc1Cl. The molecule has 2 rings (SSSR count). The van der Waals surface area contributed by atoms with Crippen LogP contribution in [0.25, 0.3) is 0 Å². The molecule has 2 aromatic rings. The molecule has 0 radical (unpaired) electrons. The number of nitrogens with one attached hydrogen (secondary N) is 1. The van der Waals surface area contributed by atoms with Gasteiger partial charge in [0.1, 0.15) is 5.82 Å². The molecule has 0 unspecified atom stereocenters. The normalized spacial score (nSPS) is 11.6. The van der Waals surface area contributed by atoms with E-state index in [0.717, 1.165) is 12.1 Å². The number of anilines is 2. The van der Waals surface area contributed by atoms with Gasteiger partial charge in [-0.2, -0.15) is 0 Å². The highest BCUT2D eigenvalue weighted by atomic mass is 35.5. The Kier molecular flexibility index (Phi) is 5.18. The third-order valence-corrected chi connectivity index (χ3v) is 3.30. The molecule has 0 fully saturated rings. The summed E-state index contributed by atoms with van der Waals surface area (Å²) in [7, 11) is 0. The molecule has 0 aliphatic rings. The van der Waals surface area contributed by atoms with Gasteiger partial charge in [0.15, 0.2) is 6.10 Å². The third-order valence-electron chi connectivity index (χ3n) is 2.99. The summed E-state index contributed by atoms with van der Waals surface area (Å²) in [5, 5.41) is 2.52. The molecule has 23 heavy (non-hydrogen) atoms. The Bertz CT molecular complexity index is 735. The second-order valence-corrected chi connectivity index (χ2v) is 5.19. The molecule has 7 heteroatoms. The molecule has 0 saturated heterocycles. The predicted molar refractivity (Wildman–Crippen MR) is 85.8 cm³/mol. The quantitative estimate of drug-likeness (QED) is 0.663. The van der Waals surface area contributed by atoms with E-state index in [-0.39, 0.29) is 16.3 Å².